The number of hydrogen-bond acceptors (Lipinski definition) is 2. The maximum absolute atomic E-state index is 4.37. The SMILES string of the molecule is CCC(C)(C)NN=C(C)CC(C)C. The van der Waals surface area contributed by atoms with Crippen molar-refractivity contribution in [2.24, 2.45) is 11.0 Å². The lowest BCUT2D eigenvalue weighted by Crippen LogP contribution is -2.35. The lowest BCUT2D eigenvalue weighted by molar-refractivity contribution is 0.386. The summed E-state index contributed by atoms with van der Waals surface area (Å²) in [5.41, 5.74) is 4.52. The average Bonchev–Trinajstić information content (AvgIpc) is 2.00. The Hall–Kier alpha value is -0.530. The lowest BCUT2D eigenvalue weighted by Gasteiger charge is -2.22. The van der Waals surface area contributed by atoms with Crippen LogP contribution in [-0.4, -0.2) is 11.3 Å². The van der Waals surface area contributed by atoms with Gasteiger partial charge in [-0.05, 0) is 39.5 Å². The third-order valence-corrected chi connectivity index (χ3v) is 2.14. The molecule has 2 nitrogen and oxygen atoms in total. The highest BCUT2D eigenvalue weighted by Crippen LogP contribution is 2.07. The Balaban J connectivity index is 3.96. The van der Waals surface area contributed by atoms with Crippen molar-refractivity contribution in [3.05, 3.63) is 0 Å². The molecule has 0 aromatic heterocycles. The number of hydrogen-bond donors (Lipinski definition) is 1. The summed E-state index contributed by atoms with van der Waals surface area (Å²) >= 11 is 0. The average molecular weight is 184 g/mol. The largest absolute Gasteiger partial charge is 0.305 e. The molecular weight excluding hydrogens is 160 g/mol. The monoisotopic (exact) mass is 184 g/mol. The molecule has 2 heteroatoms. The van der Waals surface area contributed by atoms with Gasteiger partial charge >= 0.3 is 0 Å². The van der Waals surface area contributed by atoms with Crippen LogP contribution in [-0.2, 0) is 0 Å². The van der Waals surface area contributed by atoms with Crippen LogP contribution >= 0.6 is 0 Å². The predicted octanol–water partition coefficient (Wildman–Crippen LogP) is 3.19. The summed E-state index contributed by atoms with van der Waals surface area (Å²) < 4.78 is 0. The van der Waals surface area contributed by atoms with E-state index < -0.39 is 0 Å². The zero-order valence-electron chi connectivity index (χ0n) is 9.94. The topological polar surface area (TPSA) is 24.4 Å². The molecule has 13 heavy (non-hydrogen) atoms. The predicted molar refractivity (Wildman–Crippen MR) is 60.1 cm³/mol. The van der Waals surface area contributed by atoms with Gasteiger partial charge in [0.05, 0.1) is 0 Å². The van der Waals surface area contributed by atoms with E-state index in [1.54, 1.807) is 0 Å². The van der Waals surface area contributed by atoms with Gasteiger partial charge in [0.25, 0.3) is 0 Å². The molecule has 0 amide bonds. The summed E-state index contributed by atoms with van der Waals surface area (Å²) in [6.07, 6.45) is 2.16. The third kappa shape index (κ3) is 6.62. The van der Waals surface area contributed by atoms with E-state index in [1.807, 2.05) is 0 Å². The summed E-state index contributed by atoms with van der Waals surface area (Å²) in [6, 6.07) is 0. The molecule has 0 bridgehead atoms. The summed E-state index contributed by atoms with van der Waals surface area (Å²) in [7, 11) is 0. The van der Waals surface area contributed by atoms with Gasteiger partial charge in [-0.2, -0.15) is 5.10 Å². The van der Waals surface area contributed by atoms with Crippen LogP contribution in [0.4, 0.5) is 0 Å². The van der Waals surface area contributed by atoms with Gasteiger partial charge in [0.1, 0.15) is 0 Å². The second-order valence-corrected chi connectivity index (χ2v) is 4.79. The van der Waals surface area contributed by atoms with Crippen LogP contribution in [0.15, 0.2) is 5.10 Å². The fourth-order valence-electron chi connectivity index (χ4n) is 0.962. The van der Waals surface area contributed by atoms with E-state index >= 15 is 0 Å². The molecule has 0 radical (unpaired) electrons. The standard InChI is InChI=1S/C11H24N2/c1-7-11(5,6)13-12-10(4)8-9(2)3/h9,13H,7-8H2,1-6H3. The molecule has 0 rings (SSSR count). The summed E-state index contributed by atoms with van der Waals surface area (Å²) in [6.45, 7) is 13.0. The molecule has 0 heterocycles. The van der Waals surface area contributed by atoms with E-state index in [-0.39, 0.29) is 5.54 Å². The molecule has 0 saturated heterocycles. The lowest BCUT2D eigenvalue weighted by atomic mass is 10.0. The second-order valence-electron chi connectivity index (χ2n) is 4.79. The molecule has 0 saturated carbocycles. The molecule has 0 aliphatic rings. The molecule has 0 unspecified atom stereocenters. The first kappa shape index (κ1) is 12.5. The van der Waals surface area contributed by atoms with Gasteiger partial charge in [-0.3, -0.25) is 0 Å². The first-order valence-corrected chi connectivity index (χ1v) is 5.17. The highest BCUT2D eigenvalue weighted by molar-refractivity contribution is 5.81. The van der Waals surface area contributed by atoms with E-state index in [4.69, 9.17) is 0 Å². The minimum absolute atomic E-state index is 0.123. The van der Waals surface area contributed by atoms with Gasteiger partial charge in [-0.1, -0.05) is 20.8 Å². The van der Waals surface area contributed by atoms with Crippen molar-refractivity contribution in [3.63, 3.8) is 0 Å². The molecular formula is C11H24N2. The van der Waals surface area contributed by atoms with Crippen molar-refractivity contribution in [1.82, 2.24) is 5.43 Å². The van der Waals surface area contributed by atoms with Crippen LogP contribution in [0.5, 0.6) is 0 Å². The van der Waals surface area contributed by atoms with Crippen LogP contribution in [0.1, 0.15) is 54.4 Å². The highest BCUT2D eigenvalue weighted by Gasteiger charge is 2.12. The van der Waals surface area contributed by atoms with Crippen molar-refractivity contribution in [3.8, 4) is 0 Å². The number of nitrogens with one attached hydrogen (secondary N) is 1. The number of rotatable bonds is 5. The highest BCUT2D eigenvalue weighted by atomic mass is 15.3. The molecule has 0 fully saturated rings. The fraction of sp³-hybridized carbons (Fsp3) is 0.909. The Morgan fingerprint density at radius 3 is 2.31 bits per heavy atom. The second kappa shape index (κ2) is 5.25. The minimum atomic E-state index is 0.123. The third-order valence-electron chi connectivity index (χ3n) is 2.14. The first-order valence-electron chi connectivity index (χ1n) is 5.17. The first-order chi connectivity index (χ1) is 5.87. The van der Waals surface area contributed by atoms with Crippen molar-refractivity contribution in [2.45, 2.75) is 59.9 Å². The van der Waals surface area contributed by atoms with Crippen LogP contribution in [0.2, 0.25) is 0 Å². The molecule has 0 aliphatic carbocycles. The summed E-state index contributed by atoms with van der Waals surface area (Å²) in [4.78, 5) is 0. The van der Waals surface area contributed by atoms with Gasteiger partial charge in [-0.25, -0.2) is 0 Å². The molecule has 0 aromatic rings. The van der Waals surface area contributed by atoms with E-state index in [9.17, 15) is 0 Å². The molecule has 1 N–H and O–H groups in total. The zero-order valence-corrected chi connectivity index (χ0v) is 9.94. The van der Waals surface area contributed by atoms with Crippen molar-refractivity contribution in [1.29, 1.82) is 0 Å². The summed E-state index contributed by atoms with van der Waals surface area (Å²) in [5, 5.41) is 4.37. The van der Waals surface area contributed by atoms with Crippen LogP contribution in [0.25, 0.3) is 0 Å². The van der Waals surface area contributed by atoms with Crippen molar-refractivity contribution in [2.75, 3.05) is 0 Å². The Morgan fingerprint density at radius 1 is 1.38 bits per heavy atom. The molecule has 0 spiro atoms. The van der Waals surface area contributed by atoms with Gasteiger partial charge in [-0.15, -0.1) is 0 Å². The maximum atomic E-state index is 4.37. The fourth-order valence-corrected chi connectivity index (χ4v) is 0.962. The molecule has 0 aromatic carbocycles. The minimum Gasteiger partial charge on any atom is -0.305 e. The van der Waals surface area contributed by atoms with Gasteiger partial charge in [0.15, 0.2) is 0 Å². The van der Waals surface area contributed by atoms with Crippen molar-refractivity contribution < 1.29 is 0 Å². The van der Waals surface area contributed by atoms with Gasteiger partial charge < -0.3 is 5.43 Å². The summed E-state index contributed by atoms with van der Waals surface area (Å²) in [5.74, 6) is 0.690. The van der Waals surface area contributed by atoms with Gasteiger partial charge in [0, 0.05) is 11.3 Å². The smallest absolute Gasteiger partial charge is 0.0490 e. The Kier molecular flexibility index (Phi) is 5.04. The van der Waals surface area contributed by atoms with E-state index in [2.05, 4.69) is 52.1 Å². The Labute approximate surface area is 82.8 Å². The molecule has 78 valence electrons. The molecule has 0 aliphatic heterocycles. The maximum Gasteiger partial charge on any atom is 0.0490 e. The van der Waals surface area contributed by atoms with Crippen LogP contribution < -0.4 is 5.43 Å². The van der Waals surface area contributed by atoms with Crippen molar-refractivity contribution >= 4 is 5.71 Å². The Bertz CT molecular complexity index is 169. The van der Waals surface area contributed by atoms with E-state index in [1.165, 1.54) is 5.71 Å². The zero-order chi connectivity index (χ0) is 10.5. The van der Waals surface area contributed by atoms with Crippen LogP contribution in [0.3, 0.4) is 0 Å². The number of nitrogens with zero attached hydrogens (tertiary/aromatic N) is 1. The van der Waals surface area contributed by atoms with E-state index in [0.717, 1.165) is 12.8 Å². The molecule has 0 atom stereocenters. The quantitative estimate of drug-likeness (QED) is 0.515. The van der Waals surface area contributed by atoms with E-state index in [0.29, 0.717) is 5.92 Å². The van der Waals surface area contributed by atoms with Gasteiger partial charge in [0.2, 0.25) is 0 Å². The van der Waals surface area contributed by atoms with Crippen LogP contribution in [0, 0.1) is 5.92 Å². The number of hydrazone groups is 1. The normalized spacial score (nSPS) is 13.6. The Morgan fingerprint density at radius 2 is 1.92 bits per heavy atom.